The Labute approximate surface area is 151 Å². The van der Waals surface area contributed by atoms with Crippen molar-refractivity contribution in [2.75, 3.05) is 13.1 Å². The number of pyridine rings is 1. The lowest BCUT2D eigenvalue weighted by atomic mass is 10.1. The maximum Gasteiger partial charge on any atom is 0.251 e. The third kappa shape index (κ3) is 3.23. The summed E-state index contributed by atoms with van der Waals surface area (Å²) < 4.78 is 1.94. The summed E-state index contributed by atoms with van der Waals surface area (Å²) in [5.74, 6) is -0.0328. The van der Waals surface area contributed by atoms with E-state index < -0.39 is 0 Å². The Morgan fingerprint density at radius 3 is 2.69 bits per heavy atom. The molecule has 2 aromatic heterocycles. The molecule has 0 unspecified atom stereocenters. The van der Waals surface area contributed by atoms with Crippen LogP contribution >= 0.6 is 0 Å². The minimum atomic E-state index is -0.0328. The van der Waals surface area contributed by atoms with Crippen LogP contribution < -0.4 is 10.6 Å². The number of hydrogen-bond acceptors (Lipinski definition) is 4. The van der Waals surface area contributed by atoms with Gasteiger partial charge in [0.1, 0.15) is 5.65 Å². The first-order valence-electron chi connectivity index (χ1n) is 8.79. The SMILES string of the molecule is O=Cc1cnc2c(ccn2-c2ccc(C(=O)NC3CCNCC3)cc2)c1. The maximum absolute atomic E-state index is 12.4. The molecule has 1 saturated heterocycles. The largest absolute Gasteiger partial charge is 0.349 e. The first kappa shape index (κ1) is 16.5. The first-order chi connectivity index (χ1) is 12.7. The van der Waals surface area contributed by atoms with Gasteiger partial charge in [-0.25, -0.2) is 4.98 Å². The van der Waals surface area contributed by atoms with E-state index in [2.05, 4.69) is 15.6 Å². The highest BCUT2D eigenvalue weighted by atomic mass is 16.1. The van der Waals surface area contributed by atoms with Gasteiger partial charge in [0, 0.05) is 40.6 Å². The maximum atomic E-state index is 12.4. The minimum Gasteiger partial charge on any atom is -0.349 e. The van der Waals surface area contributed by atoms with Gasteiger partial charge in [-0.1, -0.05) is 0 Å². The number of benzene rings is 1. The smallest absolute Gasteiger partial charge is 0.251 e. The number of piperidine rings is 1. The third-order valence-corrected chi connectivity index (χ3v) is 4.77. The van der Waals surface area contributed by atoms with Gasteiger partial charge >= 0.3 is 0 Å². The van der Waals surface area contributed by atoms with E-state index >= 15 is 0 Å². The van der Waals surface area contributed by atoms with Gasteiger partial charge in [0.2, 0.25) is 0 Å². The van der Waals surface area contributed by atoms with E-state index in [0.717, 1.165) is 48.9 Å². The highest BCUT2D eigenvalue weighted by Gasteiger charge is 2.16. The lowest BCUT2D eigenvalue weighted by Crippen LogP contribution is -2.42. The number of aromatic nitrogens is 2. The zero-order chi connectivity index (χ0) is 17.9. The Hall–Kier alpha value is -2.99. The Bertz CT molecular complexity index is 940. The van der Waals surface area contributed by atoms with Crippen molar-refractivity contribution in [2.45, 2.75) is 18.9 Å². The number of amides is 1. The van der Waals surface area contributed by atoms with E-state index in [0.29, 0.717) is 11.1 Å². The molecule has 0 bridgehead atoms. The van der Waals surface area contributed by atoms with Crippen LogP contribution in [-0.4, -0.2) is 40.9 Å². The summed E-state index contributed by atoms with van der Waals surface area (Å²) in [5.41, 5.74) is 2.91. The molecule has 0 saturated carbocycles. The molecule has 6 heteroatoms. The molecule has 3 aromatic rings. The van der Waals surface area contributed by atoms with Gasteiger partial charge in [-0.15, -0.1) is 0 Å². The van der Waals surface area contributed by atoms with Crippen LogP contribution in [0.15, 0.2) is 48.8 Å². The molecule has 1 aromatic carbocycles. The average Bonchev–Trinajstić information content (AvgIpc) is 3.12. The molecule has 1 aliphatic heterocycles. The second-order valence-electron chi connectivity index (χ2n) is 6.53. The van der Waals surface area contributed by atoms with Gasteiger partial charge < -0.3 is 15.2 Å². The van der Waals surface area contributed by atoms with Gasteiger partial charge in [-0.3, -0.25) is 9.59 Å². The first-order valence-corrected chi connectivity index (χ1v) is 8.79. The number of fused-ring (bicyclic) bond motifs is 1. The van der Waals surface area contributed by atoms with Crippen LogP contribution in [0.2, 0.25) is 0 Å². The monoisotopic (exact) mass is 348 g/mol. The van der Waals surface area contributed by atoms with Crippen LogP contribution in [0.5, 0.6) is 0 Å². The Balaban J connectivity index is 1.54. The molecule has 0 radical (unpaired) electrons. The lowest BCUT2D eigenvalue weighted by molar-refractivity contribution is 0.0929. The number of carbonyl (C=O) groups excluding carboxylic acids is 2. The Morgan fingerprint density at radius 1 is 1.19 bits per heavy atom. The number of rotatable bonds is 4. The van der Waals surface area contributed by atoms with Crippen LogP contribution in [0.3, 0.4) is 0 Å². The van der Waals surface area contributed by atoms with Gasteiger partial charge in [0.05, 0.1) is 0 Å². The molecular weight excluding hydrogens is 328 g/mol. The molecule has 1 aliphatic rings. The fraction of sp³-hybridized carbons (Fsp3) is 0.250. The number of carbonyl (C=O) groups is 2. The normalized spacial score (nSPS) is 15.1. The van der Waals surface area contributed by atoms with Crippen molar-refractivity contribution < 1.29 is 9.59 Å². The van der Waals surface area contributed by atoms with Gasteiger partial charge in [0.15, 0.2) is 6.29 Å². The fourth-order valence-corrected chi connectivity index (χ4v) is 3.32. The third-order valence-electron chi connectivity index (χ3n) is 4.77. The van der Waals surface area contributed by atoms with E-state index in [-0.39, 0.29) is 11.9 Å². The molecule has 4 rings (SSSR count). The van der Waals surface area contributed by atoms with Crippen LogP contribution in [0.25, 0.3) is 16.7 Å². The zero-order valence-corrected chi connectivity index (χ0v) is 14.3. The predicted octanol–water partition coefficient (Wildman–Crippen LogP) is 2.32. The van der Waals surface area contributed by atoms with Gasteiger partial charge in [0.25, 0.3) is 5.91 Å². The number of nitrogens with one attached hydrogen (secondary N) is 2. The van der Waals surface area contributed by atoms with E-state index in [1.807, 2.05) is 47.2 Å². The molecule has 26 heavy (non-hydrogen) atoms. The second-order valence-corrected chi connectivity index (χ2v) is 6.53. The lowest BCUT2D eigenvalue weighted by Gasteiger charge is -2.23. The molecule has 0 spiro atoms. The van der Waals surface area contributed by atoms with Crippen molar-refractivity contribution in [1.82, 2.24) is 20.2 Å². The number of hydrogen-bond donors (Lipinski definition) is 2. The molecule has 3 heterocycles. The van der Waals surface area contributed by atoms with Crippen molar-refractivity contribution in [3.05, 3.63) is 59.9 Å². The summed E-state index contributed by atoms with van der Waals surface area (Å²) in [7, 11) is 0. The standard InChI is InChI=1S/C20H20N4O2/c25-13-14-11-16-7-10-24(19(16)22-12-14)18-3-1-15(2-4-18)20(26)23-17-5-8-21-9-6-17/h1-4,7,10-13,17,21H,5-6,8-9H2,(H,23,26). The molecule has 6 nitrogen and oxygen atoms in total. The summed E-state index contributed by atoms with van der Waals surface area (Å²) in [5, 5.41) is 7.30. The predicted molar refractivity (Wildman–Crippen MR) is 99.8 cm³/mol. The topological polar surface area (TPSA) is 76.0 Å². The van der Waals surface area contributed by atoms with Gasteiger partial charge in [-0.05, 0) is 62.3 Å². The Kier molecular flexibility index (Phi) is 4.50. The van der Waals surface area contributed by atoms with Crippen LogP contribution in [0, 0.1) is 0 Å². The molecule has 2 N–H and O–H groups in total. The minimum absolute atomic E-state index is 0.0328. The summed E-state index contributed by atoms with van der Waals surface area (Å²) >= 11 is 0. The number of nitrogens with zero attached hydrogens (tertiary/aromatic N) is 2. The van der Waals surface area contributed by atoms with Crippen molar-refractivity contribution in [2.24, 2.45) is 0 Å². The summed E-state index contributed by atoms with van der Waals surface area (Å²) in [6.45, 7) is 1.90. The van der Waals surface area contributed by atoms with Crippen molar-refractivity contribution in [1.29, 1.82) is 0 Å². The molecule has 1 amide bonds. The summed E-state index contributed by atoms with van der Waals surface area (Å²) in [6, 6.07) is 11.5. The molecular formula is C20H20N4O2. The highest BCUT2D eigenvalue weighted by Crippen LogP contribution is 2.20. The zero-order valence-electron chi connectivity index (χ0n) is 14.3. The Morgan fingerprint density at radius 2 is 1.96 bits per heavy atom. The van der Waals surface area contributed by atoms with E-state index in [4.69, 9.17) is 0 Å². The summed E-state index contributed by atoms with van der Waals surface area (Å²) in [4.78, 5) is 27.7. The van der Waals surface area contributed by atoms with E-state index in [9.17, 15) is 9.59 Å². The van der Waals surface area contributed by atoms with Crippen LogP contribution in [0.4, 0.5) is 0 Å². The molecule has 1 fully saturated rings. The van der Waals surface area contributed by atoms with Crippen LogP contribution in [0.1, 0.15) is 33.6 Å². The van der Waals surface area contributed by atoms with Crippen LogP contribution in [-0.2, 0) is 0 Å². The van der Waals surface area contributed by atoms with Crippen molar-refractivity contribution >= 4 is 23.2 Å². The van der Waals surface area contributed by atoms with E-state index in [1.54, 1.807) is 6.20 Å². The quantitative estimate of drug-likeness (QED) is 0.710. The molecule has 132 valence electrons. The second kappa shape index (κ2) is 7.09. The molecule has 0 aliphatic carbocycles. The summed E-state index contributed by atoms with van der Waals surface area (Å²) in [6.07, 6.45) is 6.20. The van der Waals surface area contributed by atoms with Gasteiger partial charge in [-0.2, -0.15) is 0 Å². The highest BCUT2D eigenvalue weighted by molar-refractivity contribution is 5.94. The van der Waals surface area contributed by atoms with Crippen molar-refractivity contribution in [3.8, 4) is 5.69 Å². The average molecular weight is 348 g/mol. The number of aldehydes is 1. The molecule has 0 atom stereocenters. The van der Waals surface area contributed by atoms with E-state index in [1.165, 1.54) is 0 Å². The fourth-order valence-electron chi connectivity index (χ4n) is 3.32. The van der Waals surface area contributed by atoms with Crippen molar-refractivity contribution in [3.63, 3.8) is 0 Å².